The number of carbonyl (C=O) groups is 1. The van der Waals surface area contributed by atoms with E-state index in [0.717, 1.165) is 17.1 Å². The van der Waals surface area contributed by atoms with E-state index in [1.165, 1.54) is 0 Å². The van der Waals surface area contributed by atoms with Gasteiger partial charge in [-0.15, -0.1) is 0 Å². The minimum absolute atomic E-state index is 0.0662. The van der Waals surface area contributed by atoms with Gasteiger partial charge in [0.25, 0.3) is 0 Å². The molecule has 1 aliphatic rings. The van der Waals surface area contributed by atoms with E-state index < -0.39 is 22.5 Å². The maximum absolute atomic E-state index is 12.0. The number of sulfonamides is 1. The van der Waals surface area contributed by atoms with E-state index in [0.29, 0.717) is 12.8 Å². The minimum Gasteiger partial charge on any atom is -0.480 e. The first kappa shape index (κ1) is 14.4. The summed E-state index contributed by atoms with van der Waals surface area (Å²) in [5.74, 6) is -1.03. The van der Waals surface area contributed by atoms with Crippen LogP contribution >= 0.6 is 0 Å². The Morgan fingerprint density at radius 2 is 2.00 bits per heavy atom. The smallest absolute Gasteiger partial charge is 0.318 e. The van der Waals surface area contributed by atoms with Crippen molar-refractivity contribution in [3.8, 4) is 0 Å². The van der Waals surface area contributed by atoms with Crippen LogP contribution in [-0.2, 0) is 14.8 Å². The van der Waals surface area contributed by atoms with Gasteiger partial charge in [0.15, 0.2) is 0 Å². The molecule has 1 saturated carbocycles. The van der Waals surface area contributed by atoms with E-state index in [4.69, 9.17) is 5.11 Å². The number of carboxylic acids is 1. The van der Waals surface area contributed by atoms with E-state index in [2.05, 4.69) is 6.92 Å². The lowest BCUT2D eigenvalue weighted by Gasteiger charge is -2.20. The van der Waals surface area contributed by atoms with Crippen molar-refractivity contribution in [1.82, 2.24) is 4.31 Å². The number of nitrogens with zero attached hydrogens (tertiary/aromatic N) is 1. The Balaban J connectivity index is 2.59. The lowest BCUT2D eigenvalue weighted by Crippen LogP contribution is -2.38. The van der Waals surface area contributed by atoms with E-state index >= 15 is 0 Å². The predicted octanol–water partition coefficient (Wildman–Crippen LogP) is 1.30. The van der Waals surface area contributed by atoms with Gasteiger partial charge in [-0.05, 0) is 31.1 Å². The molecule has 100 valence electrons. The topological polar surface area (TPSA) is 74.7 Å². The van der Waals surface area contributed by atoms with Crippen molar-refractivity contribution in [3.05, 3.63) is 0 Å². The van der Waals surface area contributed by atoms with E-state index in [1.807, 2.05) is 6.92 Å². The molecule has 0 aromatic carbocycles. The lowest BCUT2D eigenvalue weighted by molar-refractivity contribution is -0.137. The first-order valence-corrected chi connectivity index (χ1v) is 7.60. The Morgan fingerprint density at radius 1 is 1.41 bits per heavy atom. The van der Waals surface area contributed by atoms with Crippen molar-refractivity contribution < 1.29 is 18.3 Å². The molecule has 1 rings (SSSR count). The summed E-state index contributed by atoms with van der Waals surface area (Å²) in [5, 5.41) is 8.71. The van der Waals surface area contributed by atoms with Crippen LogP contribution in [0.4, 0.5) is 0 Å². The second-order valence-corrected chi connectivity index (χ2v) is 7.19. The Kier molecular flexibility index (Phi) is 4.55. The zero-order chi connectivity index (χ0) is 13.1. The molecule has 0 aromatic rings. The van der Waals surface area contributed by atoms with E-state index in [9.17, 15) is 13.2 Å². The molecule has 0 unspecified atom stereocenters. The zero-order valence-corrected chi connectivity index (χ0v) is 11.3. The number of aliphatic carboxylic acids is 1. The average molecular weight is 263 g/mol. The highest BCUT2D eigenvalue weighted by atomic mass is 32.2. The number of rotatable bonds is 8. The fourth-order valence-corrected chi connectivity index (χ4v) is 3.46. The summed E-state index contributed by atoms with van der Waals surface area (Å²) in [6.45, 7) is 3.77. The molecule has 5 nitrogen and oxygen atoms in total. The van der Waals surface area contributed by atoms with Gasteiger partial charge < -0.3 is 5.11 Å². The zero-order valence-electron chi connectivity index (χ0n) is 10.5. The summed E-state index contributed by atoms with van der Waals surface area (Å²) in [7, 11) is -3.42. The Hall–Kier alpha value is -0.620. The van der Waals surface area contributed by atoms with Gasteiger partial charge in [-0.25, -0.2) is 8.42 Å². The van der Waals surface area contributed by atoms with Gasteiger partial charge in [-0.1, -0.05) is 13.8 Å². The van der Waals surface area contributed by atoms with Crippen molar-refractivity contribution in [3.63, 3.8) is 0 Å². The van der Waals surface area contributed by atoms with Crippen molar-refractivity contribution >= 4 is 16.0 Å². The van der Waals surface area contributed by atoms with Gasteiger partial charge in [0.05, 0.1) is 5.75 Å². The molecule has 17 heavy (non-hydrogen) atoms. The molecule has 0 heterocycles. The third kappa shape index (κ3) is 4.63. The van der Waals surface area contributed by atoms with Gasteiger partial charge in [0.1, 0.15) is 6.54 Å². The quantitative estimate of drug-likeness (QED) is 0.716. The van der Waals surface area contributed by atoms with Crippen molar-refractivity contribution in [2.45, 2.75) is 39.5 Å². The summed E-state index contributed by atoms with van der Waals surface area (Å²) in [4.78, 5) is 10.6. The molecule has 1 N–H and O–H groups in total. The highest BCUT2D eigenvalue weighted by Crippen LogP contribution is 2.48. The summed E-state index contributed by atoms with van der Waals surface area (Å²) in [6, 6.07) is 0. The molecular formula is C11H21NO4S. The van der Waals surface area contributed by atoms with Crippen molar-refractivity contribution in [2.75, 3.05) is 18.8 Å². The lowest BCUT2D eigenvalue weighted by atomic mass is 10.1. The summed E-state index contributed by atoms with van der Waals surface area (Å²) in [5.41, 5.74) is 0.175. The Labute approximate surface area is 103 Å². The molecule has 0 amide bonds. The third-order valence-corrected chi connectivity index (χ3v) is 5.06. The maximum Gasteiger partial charge on any atom is 0.318 e. The molecule has 0 bridgehead atoms. The predicted molar refractivity (Wildman–Crippen MR) is 65.2 cm³/mol. The van der Waals surface area contributed by atoms with Gasteiger partial charge in [-0.3, -0.25) is 4.79 Å². The van der Waals surface area contributed by atoms with Crippen LogP contribution in [-0.4, -0.2) is 42.6 Å². The number of hydrogen-bond acceptors (Lipinski definition) is 3. The normalized spacial score (nSPS) is 18.3. The van der Waals surface area contributed by atoms with Gasteiger partial charge in [0, 0.05) is 6.54 Å². The molecule has 0 aromatic heterocycles. The number of carboxylic acid groups (broad SMARTS) is 1. The molecule has 0 radical (unpaired) electrons. The van der Waals surface area contributed by atoms with Crippen LogP contribution in [0.25, 0.3) is 0 Å². The molecule has 0 spiro atoms. The second kappa shape index (κ2) is 5.35. The molecule has 6 heteroatoms. The Bertz CT molecular complexity index is 373. The molecular weight excluding hydrogens is 242 g/mol. The SMILES string of the molecule is CCCN(CC(=O)O)S(=O)(=O)CCC1(C)CC1. The van der Waals surface area contributed by atoms with Gasteiger partial charge in [0.2, 0.25) is 10.0 Å². The van der Waals surface area contributed by atoms with E-state index in [-0.39, 0.29) is 17.7 Å². The van der Waals surface area contributed by atoms with Crippen LogP contribution in [0, 0.1) is 5.41 Å². The van der Waals surface area contributed by atoms with E-state index in [1.54, 1.807) is 0 Å². The first-order valence-electron chi connectivity index (χ1n) is 5.99. The van der Waals surface area contributed by atoms with Crippen LogP contribution in [0.1, 0.15) is 39.5 Å². The Morgan fingerprint density at radius 3 is 2.41 bits per heavy atom. The fourth-order valence-electron chi connectivity index (χ4n) is 1.68. The molecule has 0 saturated heterocycles. The second-order valence-electron chi connectivity index (χ2n) is 5.10. The summed E-state index contributed by atoms with van der Waals surface area (Å²) in [6.07, 6.45) is 3.42. The largest absolute Gasteiger partial charge is 0.480 e. The van der Waals surface area contributed by atoms with Crippen LogP contribution in [0.3, 0.4) is 0 Å². The van der Waals surface area contributed by atoms with Gasteiger partial charge >= 0.3 is 5.97 Å². The maximum atomic E-state index is 12.0. The third-order valence-electron chi connectivity index (χ3n) is 3.25. The van der Waals surface area contributed by atoms with Gasteiger partial charge in [-0.2, -0.15) is 4.31 Å². The molecule has 0 aliphatic heterocycles. The molecule has 1 aliphatic carbocycles. The van der Waals surface area contributed by atoms with Crippen molar-refractivity contribution in [2.24, 2.45) is 5.41 Å². The molecule has 0 atom stereocenters. The van der Waals surface area contributed by atoms with Crippen molar-refractivity contribution in [1.29, 1.82) is 0 Å². The summed E-state index contributed by atoms with van der Waals surface area (Å²) >= 11 is 0. The van der Waals surface area contributed by atoms with Crippen LogP contribution in [0.5, 0.6) is 0 Å². The fraction of sp³-hybridized carbons (Fsp3) is 0.909. The highest BCUT2D eigenvalue weighted by Gasteiger charge is 2.38. The average Bonchev–Trinajstić information content (AvgIpc) is 2.94. The minimum atomic E-state index is -3.42. The summed E-state index contributed by atoms with van der Waals surface area (Å²) < 4.78 is 25.1. The van der Waals surface area contributed by atoms with Crippen LogP contribution < -0.4 is 0 Å². The first-order chi connectivity index (χ1) is 7.79. The van der Waals surface area contributed by atoms with Crippen LogP contribution in [0.2, 0.25) is 0 Å². The highest BCUT2D eigenvalue weighted by molar-refractivity contribution is 7.89. The standard InChI is InChI=1S/C11H21NO4S/c1-3-7-12(9-10(13)14)17(15,16)8-6-11(2)4-5-11/h3-9H2,1-2H3,(H,13,14). The molecule has 1 fully saturated rings. The number of hydrogen-bond donors (Lipinski definition) is 1. The monoisotopic (exact) mass is 263 g/mol. The van der Waals surface area contributed by atoms with Crippen LogP contribution in [0.15, 0.2) is 0 Å².